The van der Waals surface area contributed by atoms with Gasteiger partial charge in [-0.1, -0.05) is 44.2 Å². The molecular weight excluding hydrogens is 352 g/mol. The predicted octanol–water partition coefficient (Wildman–Crippen LogP) is 4.39. The third kappa shape index (κ3) is 4.14. The molecule has 3 rings (SSSR count). The van der Waals surface area contributed by atoms with E-state index in [-0.39, 0.29) is 24.0 Å². The van der Waals surface area contributed by atoms with Crippen molar-refractivity contribution in [1.82, 2.24) is 0 Å². The van der Waals surface area contributed by atoms with E-state index in [1.165, 1.54) is 6.92 Å². The molecule has 2 atom stereocenters. The monoisotopic (exact) mass is 378 g/mol. The molecule has 1 aliphatic rings. The average molecular weight is 378 g/mol. The number of nitrogens with zero attached hydrogens (tertiary/aromatic N) is 1. The van der Waals surface area contributed by atoms with Crippen molar-refractivity contribution in [2.45, 2.75) is 39.5 Å². The quantitative estimate of drug-likeness (QED) is 0.758. The zero-order valence-corrected chi connectivity index (χ0v) is 16.6. The van der Waals surface area contributed by atoms with E-state index in [4.69, 9.17) is 0 Å². The Labute approximate surface area is 165 Å². The highest BCUT2D eigenvalue weighted by Crippen LogP contribution is 2.33. The first-order chi connectivity index (χ1) is 13.4. The molecule has 0 spiro atoms. The summed E-state index contributed by atoms with van der Waals surface area (Å²) in [5.41, 5.74) is 3.15. The molecule has 5 heteroatoms. The molecule has 146 valence electrons. The van der Waals surface area contributed by atoms with Crippen molar-refractivity contribution in [2.24, 2.45) is 5.92 Å². The Hall–Kier alpha value is -2.95. The van der Waals surface area contributed by atoms with Gasteiger partial charge in [0.2, 0.25) is 11.8 Å². The highest BCUT2D eigenvalue weighted by molar-refractivity contribution is 6.04. The molecule has 1 saturated heterocycles. The first-order valence-corrected chi connectivity index (χ1v) is 9.71. The van der Waals surface area contributed by atoms with Crippen molar-refractivity contribution in [3.05, 3.63) is 59.7 Å². The van der Waals surface area contributed by atoms with Gasteiger partial charge in [0.1, 0.15) is 0 Å². The summed E-state index contributed by atoms with van der Waals surface area (Å²) in [5, 5.41) is 2.85. The van der Waals surface area contributed by atoms with Crippen molar-refractivity contribution in [3.8, 4) is 0 Å². The Bertz CT molecular complexity index is 906. The number of rotatable bonds is 6. The van der Waals surface area contributed by atoms with E-state index in [1.54, 1.807) is 29.2 Å². The van der Waals surface area contributed by atoms with Crippen LogP contribution in [-0.2, 0) is 9.59 Å². The fourth-order valence-electron chi connectivity index (χ4n) is 3.55. The topological polar surface area (TPSA) is 66.5 Å². The first kappa shape index (κ1) is 19.8. The van der Waals surface area contributed by atoms with Crippen LogP contribution in [0.5, 0.6) is 0 Å². The summed E-state index contributed by atoms with van der Waals surface area (Å²) >= 11 is 0. The number of carbonyl (C=O) groups excluding carboxylic acids is 3. The molecule has 1 N–H and O–H groups in total. The van der Waals surface area contributed by atoms with Crippen LogP contribution in [0, 0.1) is 5.92 Å². The van der Waals surface area contributed by atoms with Crippen LogP contribution in [0.3, 0.4) is 0 Å². The summed E-state index contributed by atoms with van der Waals surface area (Å²) in [6.45, 7) is 6.12. The van der Waals surface area contributed by atoms with Crippen LogP contribution in [0.1, 0.15) is 55.5 Å². The third-order valence-corrected chi connectivity index (χ3v) is 5.40. The second-order valence-corrected chi connectivity index (χ2v) is 7.40. The van der Waals surface area contributed by atoms with E-state index in [1.807, 2.05) is 18.2 Å². The van der Waals surface area contributed by atoms with Gasteiger partial charge in [0.25, 0.3) is 0 Å². The molecule has 2 amide bonds. The van der Waals surface area contributed by atoms with Crippen molar-refractivity contribution in [2.75, 3.05) is 16.8 Å². The second-order valence-electron chi connectivity index (χ2n) is 7.40. The highest BCUT2D eigenvalue weighted by Gasteiger charge is 2.36. The van der Waals surface area contributed by atoms with Crippen molar-refractivity contribution in [1.29, 1.82) is 0 Å². The van der Waals surface area contributed by atoms with E-state index >= 15 is 0 Å². The minimum atomic E-state index is -0.418. The highest BCUT2D eigenvalue weighted by atomic mass is 16.2. The van der Waals surface area contributed by atoms with Crippen LogP contribution in [0.4, 0.5) is 11.4 Å². The Morgan fingerprint density at radius 2 is 1.93 bits per heavy atom. The van der Waals surface area contributed by atoms with Gasteiger partial charge in [0, 0.05) is 29.9 Å². The zero-order valence-electron chi connectivity index (χ0n) is 16.6. The van der Waals surface area contributed by atoms with Crippen LogP contribution >= 0.6 is 0 Å². The Kier molecular flexibility index (Phi) is 5.93. The van der Waals surface area contributed by atoms with Crippen molar-refractivity contribution in [3.63, 3.8) is 0 Å². The number of amides is 2. The summed E-state index contributed by atoms with van der Waals surface area (Å²) in [4.78, 5) is 38.6. The van der Waals surface area contributed by atoms with Gasteiger partial charge in [-0.15, -0.1) is 0 Å². The summed E-state index contributed by atoms with van der Waals surface area (Å²) in [6.07, 6.45) is 1.17. The predicted molar refractivity (Wildman–Crippen MR) is 111 cm³/mol. The van der Waals surface area contributed by atoms with E-state index in [9.17, 15) is 14.4 Å². The zero-order chi connectivity index (χ0) is 20.3. The molecule has 1 aliphatic heterocycles. The standard InChI is InChI=1S/C23H26N2O3/c1-4-15(2)20-10-5-6-11-21(20)25-14-18(13-22(25)27)23(28)24-19-9-7-8-17(12-19)16(3)26/h5-12,15,18H,4,13-14H2,1-3H3,(H,24,28)/t15-,18+/m1/s1. The molecule has 0 aliphatic carbocycles. The van der Waals surface area contributed by atoms with Crippen LogP contribution in [-0.4, -0.2) is 24.1 Å². The van der Waals surface area contributed by atoms with Crippen LogP contribution in [0.15, 0.2) is 48.5 Å². The smallest absolute Gasteiger partial charge is 0.229 e. The number of hydrogen-bond acceptors (Lipinski definition) is 3. The summed E-state index contributed by atoms with van der Waals surface area (Å²) in [5.74, 6) is -0.365. The Morgan fingerprint density at radius 3 is 2.64 bits per heavy atom. The largest absolute Gasteiger partial charge is 0.326 e. The fraction of sp³-hybridized carbons (Fsp3) is 0.348. The van der Waals surface area contributed by atoms with E-state index in [0.717, 1.165) is 17.7 Å². The van der Waals surface area contributed by atoms with Gasteiger partial charge < -0.3 is 10.2 Å². The van der Waals surface area contributed by atoms with Gasteiger partial charge in [0.05, 0.1) is 5.92 Å². The van der Waals surface area contributed by atoms with Gasteiger partial charge in [-0.05, 0) is 43.0 Å². The number of ketones is 1. The van der Waals surface area contributed by atoms with Crippen LogP contribution in [0.2, 0.25) is 0 Å². The fourth-order valence-corrected chi connectivity index (χ4v) is 3.55. The molecule has 0 saturated carbocycles. The summed E-state index contributed by atoms with van der Waals surface area (Å²) in [7, 11) is 0. The van der Waals surface area contributed by atoms with Gasteiger partial charge in [-0.25, -0.2) is 0 Å². The molecule has 5 nitrogen and oxygen atoms in total. The van der Waals surface area contributed by atoms with E-state index in [0.29, 0.717) is 23.7 Å². The number of Topliss-reactive ketones (excluding diaryl/α,β-unsaturated/α-hetero) is 1. The maximum Gasteiger partial charge on any atom is 0.229 e. The second kappa shape index (κ2) is 8.38. The van der Waals surface area contributed by atoms with Crippen molar-refractivity contribution < 1.29 is 14.4 Å². The molecule has 0 aromatic heterocycles. The SMILES string of the molecule is CC[C@@H](C)c1ccccc1N1C[C@@H](C(=O)Nc2cccc(C(C)=O)c2)CC1=O. The van der Waals surface area contributed by atoms with Crippen molar-refractivity contribution >= 4 is 29.0 Å². The van der Waals surface area contributed by atoms with Crippen LogP contribution < -0.4 is 10.2 Å². The summed E-state index contributed by atoms with van der Waals surface area (Å²) < 4.78 is 0. The molecule has 1 fully saturated rings. The number of para-hydroxylation sites is 1. The lowest BCUT2D eigenvalue weighted by atomic mass is 9.96. The molecule has 0 unspecified atom stereocenters. The normalized spacial score (nSPS) is 17.5. The van der Waals surface area contributed by atoms with Crippen LogP contribution in [0.25, 0.3) is 0 Å². The lowest BCUT2D eigenvalue weighted by molar-refractivity contribution is -0.122. The number of anilines is 2. The van der Waals surface area contributed by atoms with Gasteiger partial charge in [0.15, 0.2) is 5.78 Å². The lowest BCUT2D eigenvalue weighted by Gasteiger charge is -2.23. The number of nitrogens with one attached hydrogen (secondary N) is 1. The lowest BCUT2D eigenvalue weighted by Crippen LogP contribution is -2.29. The molecule has 2 aromatic rings. The molecule has 1 heterocycles. The average Bonchev–Trinajstić information content (AvgIpc) is 3.09. The summed E-state index contributed by atoms with van der Waals surface area (Å²) in [6, 6.07) is 14.8. The van der Waals surface area contributed by atoms with Gasteiger partial charge in [-0.2, -0.15) is 0 Å². The minimum absolute atomic E-state index is 0.0339. The van der Waals surface area contributed by atoms with E-state index < -0.39 is 5.92 Å². The maximum absolute atomic E-state index is 12.7. The Morgan fingerprint density at radius 1 is 1.18 bits per heavy atom. The number of carbonyl (C=O) groups is 3. The number of hydrogen-bond donors (Lipinski definition) is 1. The minimum Gasteiger partial charge on any atom is -0.326 e. The maximum atomic E-state index is 12.7. The Balaban J connectivity index is 1.75. The molecular formula is C23H26N2O3. The van der Waals surface area contributed by atoms with Gasteiger partial charge in [-0.3, -0.25) is 14.4 Å². The first-order valence-electron chi connectivity index (χ1n) is 9.71. The van der Waals surface area contributed by atoms with E-state index in [2.05, 4.69) is 25.2 Å². The molecule has 28 heavy (non-hydrogen) atoms. The molecule has 2 aromatic carbocycles. The third-order valence-electron chi connectivity index (χ3n) is 5.40. The molecule has 0 bridgehead atoms. The van der Waals surface area contributed by atoms with Gasteiger partial charge >= 0.3 is 0 Å². The molecule has 0 radical (unpaired) electrons. The number of benzene rings is 2.